The summed E-state index contributed by atoms with van der Waals surface area (Å²) in [5.74, 6) is 1.54. The summed E-state index contributed by atoms with van der Waals surface area (Å²) in [5.41, 5.74) is 2.95. The average molecular weight is 422 g/mol. The van der Waals surface area contributed by atoms with Crippen LogP contribution in [0.25, 0.3) is 17.1 Å². The highest BCUT2D eigenvalue weighted by Crippen LogP contribution is 2.29. The minimum Gasteiger partial charge on any atom is -0.494 e. The molecule has 0 aliphatic rings. The molecule has 0 unspecified atom stereocenters. The second kappa shape index (κ2) is 10.5. The molecule has 3 aromatic rings. The van der Waals surface area contributed by atoms with Gasteiger partial charge in [-0.15, -0.1) is 10.2 Å². The summed E-state index contributed by atoms with van der Waals surface area (Å²) in [5, 5.41) is 20.7. The Morgan fingerprint density at radius 2 is 2.03 bits per heavy atom. The van der Waals surface area contributed by atoms with E-state index in [9.17, 15) is 4.79 Å². The van der Waals surface area contributed by atoms with Crippen molar-refractivity contribution in [2.75, 3.05) is 18.9 Å². The van der Waals surface area contributed by atoms with Gasteiger partial charge in [0, 0.05) is 17.8 Å². The summed E-state index contributed by atoms with van der Waals surface area (Å²) in [6.45, 7) is 4.92. The number of nitriles is 1. The average Bonchev–Trinajstić information content (AvgIpc) is 3.17. The Morgan fingerprint density at radius 1 is 1.23 bits per heavy atom. The van der Waals surface area contributed by atoms with Gasteiger partial charge in [-0.2, -0.15) is 5.26 Å². The number of nitrogens with zero attached hydrogens (tertiary/aromatic N) is 4. The van der Waals surface area contributed by atoms with E-state index in [4.69, 9.17) is 10.00 Å². The highest BCUT2D eigenvalue weighted by Gasteiger charge is 2.17. The molecule has 0 spiro atoms. The Labute approximate surface area is 180 Å². The number of aromatic nitrogens is 3. The van der Waals surface area contributed by atoms with Crippen molar-refractivity contribution >= 4 is 17.7 Å². The fourth-order valence-electron chi connectivity index (χ4n) is 2.86. The molecule has 7 nitrogen and oxygen atoms in total. The molecule has 0 aliphatic carbocycles. The maximum atomic E-state index is 12.1. The first kappa shape index (κ1) is 21.4. The van der Waals surface area contributed by atoms with Crippen LogP contribution in [-0.4, -0.2) is 39.6 Å². The molecule has 0 bridgehead atoms. The van der Waals surface area contributed by atoms with Gasteiger partial charge < -0.3 is 10.1 Å². The van der Waals surface area contributed by atoms with Crippen LogP contribution in [0.2, 0.25) is 0 Å². The summed E-state index contributed by atoms with van der Waals surface area (Å²) in [6.07, 6.45) is 0.288. The van der Waals surface area contributed by atoms with E-state index in [1.54, 1.807) is 0 Å². The summed E-state index contributed by atoms with van der Waals surface area (Å²) in [7, 11) is 0. The zero-order chi connectivity index (χ0) is 21.3. The predicted octanol–water partition coefficient (Wildman–Crippen LogP) is 3.76. The molecule has 0 radical (unpaired) electrons. The Balaban J connectivity index is 1.91. The third kappa shape index (κ3) is 5.39. The standard InChI is InChI=1S/C22H23N5O2S/c1-3-29-19-10-8-18(9-11-19)27-21(17-7-4-6-16(2)14-17)25-26-22(27)30-15-20(28)24-13-5-12-23/h4,6-11,14H,3,5,13,15H2,1-2H3,(H,24,28). The minimum absolute atomic E-state index is 0.145. The van der Waals surface area contributed by atoms with E-state index < -0.39 is 0 Å². The lowest BCUT2D eigenvalue weighted by molar-refractivity contribution is -0.118. The Bertz CT molecular complexity index is 1040. The van der Waals surface area contributed by atoms with Crippen LogP contribution in [-0.2, 0) is 4.79 Å². The van der Waals surface area contributed by atoms with Crippen molar-refractivity contribution in [2.45, 2.75) is 25.4 Å². The molecular formula is C22H23N5O2S. The van der Waals surface area contributed by atoms with Crippen LogP contribution >= 0.6 is 11.8 Å². The van der Waals surface area contributed by atoms with Crippen LogP contribution in [0.4, 0.5) is 0 Å². The van der Waals surface area contributed by atoms with Crippen LogP contribution in [0.3, 0.4) is 0 Å². The molecule has 1 aromatic heterocycles. The first-order valence-corrected chi connectivity index (χ1v) is 10.6. The second-order valence-electron chi connectivity index (χ2n) is 6.48. The molecule has 0 aliphatic heterocycles. The molecule has 1 amide bonds. The third-order valence-electron chi connectivity index (χ3n) is 4.21. The van der Waals surface area contributed by atoms with Gasteiger partial charge in [-0.25, -0.2) is 0 Å². The number of aryl methyl sites for hydroxylation is 1. The minimum atomic E-state index is -0.145. The second-order valence-corrected chi connectivity index (χ2v) is 7.43. The van der Waals surface area contributed by atoms with Crippen LogP contribution in [0, 0.1) is 18.3 Å². The van der Waals surface area contributed by atoms with Gasteiger partial charge in [0.2, 0.25) is 5.91 Å². The topological polar surface area (TPSA) is 92.8 Å². The normalized spacial score (nSPS) is 10.4. The maximum absolute atomic E-state index is 12.1. The van der Waals surface area contributed by atoms with Crippen LogP contribution in [0.1, 0.15) is 18.9 Å². The van der Waals surface area contributed by atoms with Gasteiger partial charge >= 0.3 is 0 Å². The van der Waals surface area contributed by atoms with Crippen molar-refractivity contribution in [3.63, 3.8) is 0 Å². The summed E-state index contributed by atoms with van der Waals surface area (Å²) in [4.78, 5) is 12.1. The molecule has 154 valence electrons. The first-order valence-electron chi connectivity index (χ1n) is 9.64. The highest BCUT2D eigenvalue weighted by atomic mass is 32.2. The lowest BCUT2D eigenvalue weighted by Gasteiger charge is -2.12. The van der Waals surface area contributed by atoms with E-state index in [1.165, 1.54) is 11.8 Å². The van der Waals surface area contributed by atoms with E-state index >= 15 is 0 Å². The zero-order valence-corrected chi connectivity index (χ0v) is 17.8. The van der Waals surface area contributed by atoms with Gasteiger partial charge in [-0.1, -0.05) is 35.5 Å². The molecule has 0 atom stereocenters. The third-order valence-corrected chi connectivity index (χ3v) is 5.14. The molecule has 0 saturated heterocycles. The molecular weight excluding hydrogens is 398 g/mol. The van der Waals surface area contributed by atoms with E-state index in [2.05, 4.69) is 21.6 Å². The van der Waals surface area contributed by atoms with Crippen molar-refractivity contribution in [3.8, 4) is 28.9 Å². The molecule has 30 heavy (non-hydrogen) atoms. The van der Waals surface area contributed by atoms with Gasteiger partial charge in [0.25, 0.3) is 0 Å². The molecule has 3 rings (SSSR count). The summed E-state index contributed by atoms with van der Waals surface area (Å²) >= 11 is 1.31. The summed E-state index contributed by atoms with van der Waals surface area (Å²) in [6, 6.07) is 17.8. The van der Waals surface area contributed by atoms with Crippen molar-refractivity contribution in [1.82, 2.24) is 20.1 Å². The van der Waals surface area contributed by atoms with Crippen molar-refractivity contribution < 1.29 is 9.53 Å². The number of thioether (sulfide) groups is 1. The fraction of sp³-hybridized carbons (Fsp3) is 0.273. The lowest BCUT2D eigenvalue weighted by Crippen LogP contribution is -2.26. The number of benzene rings is 2. The van der Waals surface area contributed by atoms with E-state index in [0.29, 0.717) is 24.1 Å². The highest BCUT2D eigenvalue weighted by molar-refractivity contribution is 7.99. The lowest BCUT2D eigenvalue weighted by atomic mass is 10.1. The zero-order valence-electron chi connectivity index (χ0n) is 17.0. The number of carbonyl (C=O) groups excluding carboxylic acids is 1. The SMILES string of the molecule is CCOc1ccc(-n2c(SCC(=O)NCCC#N)nnc2-c2cccc(C)c2)cc1. The predicted molar refractivity (Wildman–Crippen MR) is 117 cm³/mol. The quantitative estimate of drug-likeness (QED) is 0.418. The number of amides is 1. The molecule has 0 fully saturated rings. The van der Waals surface area contributed by atoms with Gasteiger partial charge in [0.15, 0.2) is 11.0 Å². The number of nitrogens with one attached hydrogen (secondary N) is 1. The Kier molecular flexibility index (Phi) is 7.46. The number of hydrogen-bond donors (Lipinski definition) is 1. The van der Waals surface area contributed by atoms with Crippen LogP contribution < -0.4 is 10.1 Å². The van der Waals surface area contributed by atoms with E-state index in [1.807, 2.05) is 66.9 Å². The Morgan fingerprint density at radius 3 is 2.73 bits per heavy atom. The van der Waals surface area contributed by atoms with Gasteiger partial charge in [-0.05, 0) is 44.2 Å². The Hall–Kier alpha value is -3.31. The number of hydrogen-bond acceptors (Lipinski definition) is 6. The monoisotopic (exact) mass is 421 g/mol. The van der Waals surface area contributed by atoms with Crippen LogP contribution in [0.15, 0.2) is 53.7 Å². The molecule has 1 N–H and O–H groups in total. The van der Waals surface area contributed by atoms with Gasteiger partial charge in [0.1, 0.15) is 5.75 Å². The van der Waals surface area contributed by atoms with Crippen molar-refractivity contribution in [2.24, 2.45) is 0 Å². The number of rotatable bonds is 9. The number of carbonyl (C=O) groups is 1. The first-order chi connectivity index (χ1) is 14.6. The van der Waals surface area contributed by atoms with Crippen LogP contribution in [0.5, 0.6) is 5.75 Å². The van der Waals surface area contributed by atoms with Crippen molar-refractivity contribution in [1.29, 1.82) is 5.26 Å². The number of ether oxygens (including phenoxy) is 1. The molecule has 1 heterocycles. The van der Waals surface area contributed by atoms with Gasteiger partial charge in [0.05, 0.1) is 24.8 Å². The smallest absolute Gasteiger partial charge is 0.230 e. The van der Waals surface area contributed by atoms with E-state index in [-0.39, 0.29) is 18.1 Å². The van der Waals surface area contributed by atoms with Gasteiger partial charge in [-0.3, -0.25) is 9.36 Å². The molecule has 0 saturated carbocycles. The summed E-state index contributed by atoms with van der Waals surface area (Å²) < 4.78 is 7.49. The van der Waals surface area contributed by atoms with E-state index in [0.717, 1.165) is 22.6 Å². The molecule has 2 aromatic carbocycles. The molecule has 8 heteroatoms. The maximum Gasteiger partial charge on any atom is 0.230 e. The fourth-order valence-corrected chi connectivity index (χ4v) is 3.65. The van der Waals surface area contributed by atoms with Crippen molar-refractivity contribution in [3.05, 3.63) is 54.1 Å². The largest absolute Gasteiger partial charge is 0.494 e.